The number of carbonyl (C=O) groups is 1. The van der Waals surface area contributed by atoms with E-state index >= 15 is 0 Å². The maximum absolute atomic E-state index is 12.6. The molecule has 1 aromatic carbocycles. The normalized spacial score (nSPS) is 11.0. The number of imidazole rings is 1. The Morgan fingerprint density at radius 3 is 2.69 bits per heavy atom. The summed E-state index contributed by atoms with van der Waals surface area (Å²) in [7, 11) is 0. The van der Waals surface area contributed by atoms with Crippen LogP contribution in [-0.4, -0.2) is 20.4 Å². The second-order valence-corrected chi connectivity index (χ2v) is 6.21. The molecular formula is C20H18N4O2. The van der Waals surface area contributed by atoms with Gasteiger partial charge in [0.1, 0.15) is 22.9 Å². The van der Waals surface area contributed by atoms with Gasteiger partial charge in [0.25, 0.3) is 0 Å². The molecule has 4 aromatic rings. The first-order valence-electron chi connectivity index (χ1n) is 8.37. The molecule has 1 N–H and O–H groups in total. The molecule has 0 aliphatic rings. The van der Waals surface area contributed by atoms with Gasteiger partial charge in [-0.15, -0.1) is 0 Å². The van der Waals surface area contributed by atoms with E-state index in [2.05, 4.69) is 10.5 Å². The van der Waals surface area contributed by atoms with E-state index < -0.39 is 0 Å². The molecule has 0 atom stereocenters. The van der Waals surface area contributed by atoms with E-state index in [0.29, 0.717) is 17.3 Å². The first-order chi connectivity index (χ1) is 12.6. The molecule has 6 nitrogen and oxygen atoms in total. The quantitative estimate of drug-likeness (QED) is 0.610. The number of pyridine rings is 1. The van der Waals surface area contributed by atoms with Crippen molar-refractivity contribution in [1.82, 2.24) is 14.5 Å². The van der Waals surface area contributed by atoms with Gasteiger partial charge in [-0.2, -0.15) is 0 Å². The summed E-state index contributed by atoms with van der Waals surface area (Å²) in [5.41, 5.74) is 4.15. The number of aryl methyl sites for hydroxylation is 2. The lowest BCUT2D eigenvalue weighted by atomic mass is 10.1. The van der Waals surface area contributed by atoms with Crippen molar-refractivity contribution in [3.8, 4) is 11.3 Å². The molecule has 1 amide bonds. The van der Waals surface area contributed by atoms with E-state index in [1.165, 1.54) is 0 Å². The lowest BCUT2D eigenvalue weighted by Gasteiger charge is -2.07. The summed E-state index contributed by atoms with van der Waals surface area (Å²) in [6.07, 6.45) is 2.04. The van der Waals surface area contributed by atoms with Gasteiger partial charge in [-0.25, -0.2) is 4.98 Å². The third-order valence-electron chi connectivity index (χ3n) is 4.17. The van der Waals surface area contributed by atoms with Crippen molar-refractivity contribution in [3.05, 3.63) is 71.7 Å². The summed E-state index contributed by atoms with van der Waals surface area (Å²) in [4.78, 5) is 17.3. The van der Waals surface area contributed by atoms with E-state index in [1.54, 1.807) is 13.0 Å². The zero-order valence-electron chi connectivity index (χ0n) is 14.6. The van der Waals surface area contributed by atoms with Crippen LogP contribution in [-0.2, 0) is 11.2 Å². The minimum Gasteiger partial charge on any atom is -0.361 e. The van der Waals surface area contributed by atoms with Crippen LogP contribution in [0, 0.1) is 13.8 Å². The summed E-state index contributed by atoms with van der Waals surface area (Å²) in [5.74, 6) is 1.17. The van der Waals surface area contributed by atoms with E-state index in [-0.39, 0.29) is 12.3 Å². The summed E-state index contributed by atoms with van der Waals surface area (Å²) >= 11 is 0. The second-order valence-electron chi connectivity index (χ2n) is 6.21. The molecule has 0 aliphatic heterocycles. The van der Waals surface area contributed by atoms with E-state index in [4.69, 9.17) is 9.51 Å². The number of nitrogens with zero attached hydrogens (tertiary/aromatic N) is 3. The number of aromatic nitrogens is 3. The third kappa shape index (κ3) is 2.97. The van der Waals surface area contributed by atoms with E-state index in [1.807, 2.05) is 60.0 Å². The minimum atomic E-state index is -0.168. The zero-order valence-corrected chi connectivity index (χ0v) is 14.6. The molecule has 3 aromatic heterocycles. The number of nitrogens with one attached hydrogen (secondary N) is 1. The van der Waals surface area contributed by atoms with Gasteiger partial charge in [0.2, 0.25) is 5.91 Å². The van der Waals surface area contributed by atoms with Crippen molar-refractivity contribution >= 4 is 17.4 Å². The number of hydrogen-bond donors (Lipinski definition) is 1. The molecule has 0 radical (unpaired) electrons. The fourth-order valence-electron chi connectivity index (χ4n) is 2.96. The van der Waals surface area contributed by atoms with Gasteiger partial charge in [-0.05, 0) is 25.5 Å². The van der Waals surface area contributed by atoms with Gasteiger partial charge >= 0.3 is 0 Å². The minimum absolute atomic E-state index is 0.143. The highest BCUT2D eigenvalue weighted by Crippen LogP contribution is 2.29. The van der Waals surface area contributed by atoms with Crippen LogP contribution in [0.4, 0.5) is 5.82 Å². The van der Waals surface area contributed by atoms with Crippen molar-refractivity contribution < 1.29 is 9.32 Å². The highest BCUT2D eigenvalue weighted by molar-refractivity contribution is 5.95. The van der Waals surface area contributed by atoms with Crippen LogP contribution >= 0.6 is 0 Å². The van der Waals surface area contributed by atoms with Crippen LogP contribution in [0.1, 0.15) is 17.0 Å². The van der Waals surface area contributed by atoms with Gasteiger partial charge in [-0.1, -0.05) is 41.6 Å². The molecule has 0 unspecified atom stereocenters. The molecule has 0 saturated heterocycles. The maximum atomic E-state index is 12.6. The number of rotatable bonds is 4. The number of anilines is 1. The second kappa shape index (κ2) is 6.48. The largest absolute Gasteiger partial charge is 0.361 e. The predicted octanol–water partition coefficient (Wildman–Crippen LogP) is 3.79. The SMILES string of the molecule is Cc1cc(CC(=O)Nc2c(-c3ccccc3)nc3c(C)cccn23)no1. The fourth-order valence-corrected chi connectivity index (χ4v) is 2.96. The maximum Gasteiger partial charge on any atom is 0.231 e. The molecule has 6 heteroatoms. The number of amides is 1. The fraction of sp³-hybridized carbons (Fsp3) is 0.150. The molecule has 0 aliphatic carbocycles. The first-order valence-corrected chi connectivity index (χ1v) is 8.37. The van der Waals surface area contributed by atoms with Crippen molar-refractivity contribution in [1.29, 1.82) is 0 Å². The lowest BCUT2D eigenvalue weighted by Crippen LogP contribution is -2.16. The van der Waals surface area contributed by atoms with E-state index in [9.17, 15) is 4.79 Å². The molecule has 0 saturated carbocycles. The van der Waals surface area contributed by atoms with Crippen molar-refractivity contribution in [2.45, 2.75) is 20.3 Å². The molecule has 0 fully saturated rings. The molecule has 3 heterocycles. The van der Waals surface area contributed by atoms with Gasteiger partial charge in [-0.3, -0.25) is 9.20 Å². The molecule has 26 heavy (non-hydrogen) atoms. The summed E-state index contributed by atoms with van der Waals surface area (Å²) in [6.45, 7) is 3.80. The molecule has 0 spiro atoms. The molecule has 0 bridgehead atoms. The molecule has 4 rings (SSSR count). The number of carbonyl (C=O) groups excluding carboxylic acids is 1. The Balaban J connectivity index is 1.75. The van der Waals surface area contributed by atoms with Crippen LogP contribution in [0.15, 0.2) is 59.3 Å². The zero-order chi connectivity index (χ0) is 18.1. The van der Waals surface area contributed by atoms with Crippen molar-refractivity contribution in [2.24, 2.45) is 0 Å². The molecular weight excluding hydrogens is 328 g/mol. The molecule has 130 valence electrons. The van der Waals surface area contributed by atoms with Crippen LogP contribution in [0.2, 0.25) is 0 Å². The lowest BCUT2D eigenvalue weighted by molar-refractivity contribution is -0.115. The van der Waals surface area contributed by atoms with Gasteiger partial charge in [0.05, 0.1) is 12.1 Å². The Bertz CT molecular complexity index is 1080. The topological polar surface area (TPSA) is 72.4 Å². The van der Waals surface area contributed by atoms with E-state index in [0.717, 1.165) is 22.5 Å². The smallest absolute Gasteiger partial charge is 0.231 e. The van der Waals surface area contributed by atoms with Crippen LogP contribution in [0.5, 0.6) is 0 Å². The Morgan fingerprint density at radius 1 is 1.15 bits per heavy atom. The van der Waals surface area contributed by atoms with Crippen LogP contribution in [0.25, 0.3) is 16.9 Å². The standard InChI is InChI=1S/C20H18N4O2/c1-13-7-6-10-24-19(13)22-18(15-8-4-3-5-9-15)20(24)21-17(25)12-16-11-14(2)26-23-16/h3-11H,12H2,1-2H3,(H,21,25). The summed E-state index contributed by atoms with van der Waals surface area (Å²) < 4.78 is 6.94. The van der Waals surface area contributed by atoms with Crippen molar-refractivity contribution in [2.75, 3.05) is 5.32 Å². The average Bonchev–Trinajstić information content (AvgIpc) is 3.20. The Hall–Kier alpha value is -3.41. The Morgan fingerprint density at radius 2 is 1.96 bits per heavy atom. The van der Waals surface area contributed by atoms with Gasteiger partial charge in [0, 0.05) is 17.8 Å². The van der Waals surface area contributed by atoms with Crippen LogP contribution in [0.3, 0.4) is 0 Å². The first kappa shape index (κ1) is 16.1. The monoisotopic (exact) mass is 346 g/mol. The number of hydrogen-bond acceptors (Lipinski definition) is 4. The average molecular weight is 346 g/mol. The van der Waals surface area contributed by atoms with Crippen molar-refractivity contribution in [3.63, 3.8) is 0 Å². The summed E-state index contributed by atoms with van der Waals surface area (Å²) in [5, 5.41) is 6.88. The predicted molar refractivity (Wildman–Crippen MR) is 98.9 cm³/mol. The third-order valence-corrected chi connectivity index (χ3v) is 4.17. The highest BCUT2D eigenvalue weighted by Gasteiger charge is 2.18. The highest BCUT2D eigenvalue weighted by atomic mass is 16.5. The van der Waals surface area contributed by atoms with Gasteiger partial charge < -0.3 is 9.84 Å². The number of benzene rings is 1. The van der Waals surface area contributed by atoms with Gasteiger partial charge in [0.15, 0.2) is 0 Å². The Labute approximate surface area is 150 Å². The van der Waals surface area contributed by atoms with Crippen LogP contribution < -0.4 is 5.32 Å². The number of fused-ring (bicyclic) bond motifs is 1. The Kier molecular flexibility index (Phi) is 4.01. The summed E-state index contributed by atoms with van der Waals surface area (Å²) in [6, 6.07) is 15.5.